The fourth-order valence-corrected chi connectivity index (χ4v) is 1.82. The Labute approximate surface area is 109 Å². The highest BCUT2D eigenvalue weighted by atomic mass is 32.2. The van der Waals surface area contributed by atoms with Crippen molar-refractivity contribution >= 4 is 17.7 Å². The Kier molecular flexibility index (Phi) is 5.13. The van der Waals surface area contributed by atoms with Crippen LogP contribution in [0.3, 0.4) is 0 Å². The van der Waals surface area contributed by atoms with Gasteiger partial charge >= 0.3 is 0 Å². The fraction of sp³-hybridized carbons (Fsp3) is 0.917. The average Bonchev–Trinajstić information content (AvgIpc) is 2.27. The van der Waals surface area contributed by atoms with Gasteiger partial charge in [0.1, 0.15) is 0 Å². The van der Waals surface area contributed by atoms with Crippen LogP contribution in [-0.4, -0.2) is 47.8 Å². The molecule has 3 N–H and O–H groups in total. The summed E-state index contributed by atoms with van der Waals surface area (Å²) in [7, 11) is 1.76. The maximum Gasteiger partial charge on any atom is 0.191 e. The van der Waals surface area contributed by atoms with Crippen LogP contribution in [0.2, 0.25) is 0 Å². The summed E-state index contributed by atoms with van der Waals surface area (Å²) in [5.41, 5.74) is -0.507. The van der Waals surface area contributed by atoms with E-state index in [1.807, 2.05) is 11.8 Å². The first-order valence-electron chi connectivity index (χ1n) is 6.13. The molecule has 1 aliphatic rings. The average molecular weight is 259 g/mol. The topological polar surface area (TPSA) is 56.7 Å². The molecule has 0 aromatic heterocycles. The maximum atomic E-state index is 9.98. The molecule has 17 heavy (non-hydrogen) atoms. The third-order valence-corrected chi connectivity index (χ3v) is 4.58. The van der Waals surface area contributed by atoms with Gasteiger partial charge in [0.15, 0.2) is 5.96 Å². The Hall–Kier alpha value is -0.420. The van der Waals surface area contributed by atoms with Crippen molar-refractivity contribution in [1.29, 1.82) is 0 Å². The molecule has 0 aliphatic heterocycles. The predicted molar refractivity (Wildman–Crippen MR) is 75.8 cm³/mol. The summed E-state index contributed by atoms with van der Waals surface area (Å²) in [5.74, 6) is 0.771. The van der Waals surface area contributed by atoms with Gasteiger partial charge in [-0.25, -0.2) is 0 Å². The lowest BCUT2D eigenvalue weighted by Gasteiger charge is -2.37. The van der Waals surface area contributed by atoms with E-state index >= 15 is 0 Å². The van der Waals surface area contributed by atoms with Crippen molar-refractivity contribution in [3.8, 4) is 0 Å². The number of aliphatic hydroxyl groups is 1. The van der Waals surface area contributed by atoms with Crippen molar-refractivity contribution in [2.24, 2.45) is 4.99 Å². The fourth-order valence-electron chi connectivity index (χ4n) is 1.60. The lowest BCUT2D eigenvalue weighted by molar-refractivity contribution is -0.0279. The van der Waals surface area contributed by atoms with Crippen LogP contribution in [0.25, 0.3) is 0 Å². The normalized spacial score (nSPS) is 19.7. The van der Waals surface area contributed by atoms with Crippen molar-refractivity contribution < 1.29 is 5.11 Å². The van der Waals surface area contributed by atoms with Gasteiger partial charge in [-0.2, -0.15) is 11.8 Å². The molecule has 0 aromatic rings. The number of rotatable bonds is 5. The molecule has 0 spiro atoms. The van der Waals surface area contributed by atoms with E-state index in [1.165, 1.54) is 0 Å². The third kappa shape index (κ3) is 4.76. The van der Waals surface area contributed by atoms with Crippen LogP contribution >= 0.6 is 11.8 Å². The first-order chi connectivity index (χ1) is 7.91. The zero-order chi connectivity index (χ0) is 12.9. The number of nitrogens with one attached hydrogen (secondary N) is 2. The van der Waals surface area contributed by atoms with E-state index < -0.39 is 5.60 Å². The summed E-state index contributed by atoms with van der Waals surface area (Å²) in [4.78, 5) is 4.16. The Morgan fingerprint density at radius 3 is 2.47 bits per heavy atom. The van der Waals surface area contributed by atoms with Gasteiger partial charge in [-0.15, -0.1) is 0 Å². The first kappa shape index (κ1) is 14.6. The lowest BCUT2D eigenvalue weighted by Crippen LogP contribution is -2.51. The van der Waals surface area contributed by atoms with E-state index in [2.05, 4.69) is 35.7 Å². The zero-order valence-electron chi connectivity index (χ0n) is 11.3. The number of hydrogen-bond acceptors (Lipinski definition) is 3. The van der Waals surface area contributed by atoms with Gasteiger partial charge < -0.3 is 15.7 Å². The molecule has 0 aromatic carbocycles. The smallest absolute Gasteiger partial charge is 0.191 e. The van der Waals surface area contributed by atoms with Crippen molar-refractivity contribution in [3.05, 3.63) is 0 Å². The van der Waals surface area contributed by atoms with Gasteiger partial charge in [0.25, 0.3) is 0 Å². The van der Waals surface area contributed by atoms with E-state index in [-0.39, 0.29) is 4.75 Å². The number of hydrogen-bond donors (Lipinski definition) is 3. The molecule has 0 heterocycles. The second-order valence-corrected chi connectivity index (χ2v) is 6.83. The zero-order valence-corrected chi connectivity index (χ0v) is 12.2. The standard InChI is InChI=1S/C12H25N3OS/c1-11(2,17-4)8-14-10(13-3)15-9-12(16)6-5-7-12/h16H,5-9H2,1-4H3,(H2,13,14,15). The minimum atomic E-state index is -0.507. The summed E-state index contributed by atoms with van der Waals surface area (Å²) in [6, 6.07) is 0. The number of guanidine groups is 1. The molecule has 4 nitrogen and oxygen atoms in total. The Morgan fingerprint density at radius 2 is 2.06 bits per heavy atom. The molecule has 1 saturated carbocycles. The van der Waals surface area contributed by atoms with Gasteiger partial charge in [0, 0.05) is 24.9 Å². The van der Waals surface area contributed by atoms with Crippen molar-refractivity contribution in [1.82, 2.24) is 10.6 Å². The number of nitrogens with zero attached hydrogens (tertiary/aromatic N) is 1. The molecular weight excluding hydrogens is 234 g/mol. The molecule has 0 bridgehead atoms. The molecule has 0 saturated heterocycles. The number of thioether (sulfide) groups is 1. The van der Waals surface area contributed by atoms with Crippen LogP contribution in [-0.2, 0) is 0 Å². The van der Waals surface area contributed by atoms with Gasteiger partial charge in [-0.05, 0) is 39.4 Å². The Bertz CT molecular complexity index is 257. The summed E-state index contributed by atoms with van der Waals surface area (Å²) in [6.07, 6.45) is 5.03. The second kappa shape index (κ2) is 5.96. The highest BCUT2D eigenvalue weighted by Gasteiger charge is 2.34. The third-order valence-electron chi connectivity index (χ3n) is 3.33. The second-order valence-electron chi connectivity index (χ2n) is 5.32. The van der Waals surface area contributed by atoms with Crippen molar-refractivity contribution in [2.45, 2.75) is 43.5 Å². The Morgan fingerprint density at radius 1 is 1.41 bits per heavy atom. The Balaban J connectivity index is 2.29. The van der Waals surface area contributed by atoms with E-state index in [4.69, 9.17) is 0 Å². The van der Waals surface area contributed by atoms with Crippen LogP contribution in [0, 0.1) is 0 Å². The molecule has 0 unspecified atom stereocenters. The number of aliphatic imine (C=N–C) groups is 1. The minimum Gasteiger partial charge on any atom is -0.388 e. The van der Waals surface area contributed by atoms with Gasteiger partial charge in [-0.3, -0.25) is 4.99 Å². The SMILES string of the molecule is CN=C(NCC1(O)CCC1)NCC(C)(C)SC. The van der Waals surface area contributed by atoms with Crippen molar-refractivity contribution in [3.63, 3.8) is 0 Å². The van der Waals surface area contributed by atoms with Crippen LogP contribution in [0.15, 0.2) is 4.99 Å². The first-order valence-corrected chi connectivity index (χ1v) is 7.35. The summed E-state index contributed by atoms with van der Waals surface area (Å²) in [6.45, 7) is 5.83. The van der Waals surface area contributed by atoms with Gasteiger partial charge in [-0.1, -0.05) is 0 Å². The molecule has 0 radical (unpaired) electrons. The predicted octanol–water partition coefficient (Wildman–Crippen LogP) is 1.21. The molecule has 1 rings (SSSR count). The van der Waals surface area contributed by atoms with E-state index in [0.29, 0.717) is 6.54 Å². The highest BCUT2D eigenvalue weighted by Crippen LogP contribution is 2.30. The molecular formula is C12H25N3OS. The molecule has 1 fully saturated rings. The van der Waals surface area contributed by atoms with Gasteiger partial charge in [0.05, 0.1) is 5.60 Å². The summed E-state index contributed by atoms with van der Waals surface area (Å²) >= 11 is 1.82. The largest absolute Gasteiger partial charge is 0.388 e. The molecule has 1 aliphatic carbocycles. The van der Waals surface area contributed by atoms with Crippen LogP contribution in [0.5, 0.6) is 0 Å². The summed E-state index contributed by atoms with van der Waals surface area (Å²) in [5, 5.41) is 16.5. The van der Waals surface area contributed by atoms with E-state index in [0.717, 1.165) is 31.8 Å². The monoisotopic (exact) mass is 259 g/mol. The quantitative estimate of drug-likeness (QED) is 0.513. The lowest BCUT2D eigenvalue weighted by atomic mass is 9.80. The maximum absolute atomic E-state index is 9.98. The highest BCUT2D eigenvalue weighted by molar-refractivity contribution is 7.99. The molecule has 0 amide bonds. The van der Waals surface area contributed by atoms with E-state index in [9.17, 15) is 5.11 Å². The molecule has 100 valence electrons. The van der Waals surface area contributed by atoms with Crippen LogP contribution < -0.4 is 10.6 Å². The molecule has 5 heteroatoms. The van der Waals surface area contributed by atoms with Crippen LogP contribution in [0.4, 0.5) is 0 Å². The van der Waals surface area contributed by atoms with Gasteiger partial charge in [0.2, 0.25) is 0 Å². The summed E-state index contributed by atoms with van der Waals surface area (Å²) < 4.78 is 0.186. The molecule has 0 atom stereocenters. The van der Waals surface area contributed by atoms with E-state index in [1.54, 1.807) is 7.05 Å². The minimum absolute atomic E-state index is 0.186. The van der Waals surface area contributed by atoms with Crippen LogP contribution in [0.1, 0.15) is 33.1 Å². The van der Waals surface area contributed by atoms with Crippen molar-refractivity contribution in [2.75, 3.05) is 26.4 Å².